The number of nitrogens with one attached hydrogen (secondary N) is 1. The number of ether oxygens (including phenoxy) is 4. The lowest BCUT2D eigenvalue weighted by atomic mass is 9.97. The Hall–Kier alpha value is -1.79. The lowest BCUT2D eigenvalue weighted by molar-refractivity contribution is -0.359. The van der Waals surface area contributed by atoms with E-state index >= 15 is 0 Å². The van der Waals surface area contributed by atoms with Gasteiger partial charge >= 0.3 is 0 Å². The number of unbranched alkanes of at least 4 members (excludes halogenated alkanes) is 34. The Labute approximate surface area is 468 Å². The summed E-state index contributed by atoms with van der Waals surface area (Å²) in [7, 11) is 0. The molecule has 2 aliphatic rings. The van der Waals surface area contributed by atoms with Crippen LogP contribution in [0.2, 0.25) is 0 Å². The molecule has 2 heterocycles. The molecule has 12 unspecified atom stereocenters. The molecule has 77 heavy (non-hydrogen) atoms. The van der Waals surface area contributed by atoms with Gasteiger partial charge in [-0.05, 0) is 51.4 Å². The number of aliphatic hydroxyl groups excluding tert-OH is 8. The summed E-state index contributed by atoms with van der Waals surface area (Å²) in [6.45, 7) is 2.79. The van der Waals surface area contributed by atoms with E-state index in [1.54, 1.807) is 6.08 Å². The van der Waals surface area contributed by atoms with Crippen LogP contribution in [-0.4, -0.2) is 140 Å². The Kier molecular flexibility index (Phi) is 45.3. The fourth-order valence-electron chi connectivity index (χ4n) is 10.4. The highest BCUT2D eigenvalue weighted by atomic mass is 16.7. The summed E-state index contributed by atoms with van der Waals surface area (Å²) in [5.74, 6) is -0.251. The number of carbonyl (C=O) groups is 1. The topological polar surface area (TPSA) is 228 Å². The second kappa shape index (κ2) is 48.9. The van der Waals surface area contributed by atoms with Crippen LogP contribution >= 0.6 is 0 Å². The van der Waals surface area contributed by atoms with Gasteiger partial charge in [0.2, 0.25) is 5.91 Å². The SMILES string of the molecule is CCCCCC/C=C\C/C=C\CCCCCCCC(=O)NC(COC1OC(CO)C(OC2OC(CO)C(O)C(O)C2O)C(O)C1O)C(O)/C=C/CCCCCCCCCCCCCCCCCCCCCCCCCCC. The molecular formula is C63H117NO13. The standard InChI is InChI=1S/C63H117NO13/c1-3-5-7-9-11-13-15-17-19-21-22-23-24-25-26-27-28-29-30-31-32-34-36-38-40-42-44-46-52(67)51(64-55(68)47-45-43-41-39-37-35-33-20-18-16-14-12-10-8-6-4-2)50-74-62-60(73)58(71)61(54(49-66)76-62)77-63-59(72)57(70)56(69)53(48-65)75-63/h14,16,20,33,44,46,51-54,56-63,65-67,69-73H,3-13,15,17-19,21-32,34-43,45,47-50H2,1-2H3,(H,64,68)/b16-14-,33-20-,46-44+. The van der Waals surface area contributed by atoms with Crippen molar-refractivity contribution in [3.8, 4) is 0 Å². The summed E-state index contributed by atoms with van der Waals surface area (Å²) in [6.07, 6.45) is 43.3. The van der Waals surface area contributed by atoms with Crippen LogP contribution < -0.4 is 5.32 Å². The van der Waals surface area contributed by atoms with Crippen LogP contribution in [0.3, 0.4) is 0 Å². The van der Waals surface area contributed by atoms with E-state index in [0.717, 1.165) is 64.2 Å². The Balaban J connectivity index is 1.72. The van der Waals surface area contributed by atoms with Crippen LogP contribution in [-0.2, 0) is 23.7 Å². The molecule has 0 bridgehead atoms. The summed E-state index contributed by atoms with van der Waals surface area (Å²) >= 11 is 0. The van der Waals surface area contributed by atoms with E-state index in [0.29, 0.717) is 6.42 Å². The van der Waals surface area contributed by atoms with Crippen molar-refractivity contribution in [1.82, 2.24) is 5.32 Å². The Bertz CT molecular complexity index is 1430. The highest BCUT2D eigenvalue weighted by molar-refractivity contribution is 5.76. The van der Waals surface area contributed by atoms with Crippen LogP contribution in [0, 0.1) is 0 Å². The maximum absolute atomic E-state index is 13.2. The lowest BCUT2D eigenvalue weighted by Gasteiger charge is -2.46. The first-order chi connectivity index (χ1) is 37.6. The maximum atomic E-state index is 13.2. The van der Waals surface area contributed by atoms with E-state index in [2.05, 4.69) is 43.5 Å². The first-order valence-electron chi connectivity index (χ1n) is 31.7. The Morgan fingerprint density at radius 2 is 0.857 bits per heavy atom. The molecule has 14 heteroatoms. The molecule has 2 rings (SSSR count). The van der Waals surface area contributed by atoms with Crippen molar-refractivity contribution in [3.05, 3.63) is 36.5 Å². The molecule has 452 valence electrons. The number of amides is 1. The minimum absolute atomic E-state index is 0.251. The normalized spacial score (nSPS) is 24.9. The van der Waals surface area contributed by atoms with Gasteiger partial charge in [0.05, 0.1) is 32.0 Å². The molecule has 9 N–H and O–H groups in total. The molecule has 12 atom stereocenters. The van der Waals surface area contributed by atoms with E-state index in [9.17, 15) is 45.6 Å². The summed E-state index contributed by atoms with van der Waals surface area (Å²) in [5, 5.41) is 87.2. The Morgan fingerprint density at radius 1 is 0.468 bits per heavy atom. The van der Waals surface area contributed by atoms with Crippen molar-refractivity contribution in [3.63, 3.8) is 0 Å². The van der Waals surface area contributed by atoms with Crippen molar-refractivity contribution in [2.45, 2.75) is 338 Å². The van der Waals surface area contributed by atoms with Gasteiger partial charge in [0.1, 0.15) is 48.8 Å². The van der Waals surface area contributed by atoms with Crippen molar-refractivity contribution in [2.75, 3.05) is 19.8 Å². The summed E-state index contributed by atoms with van der Waals surface area (Å²) in [6, 6.07) is -0.922. The van der Waals surface area contributed by atoms with Crippen molar-refractivity contribution >= 4 is 5.91 Å². The zero-order valence-corrected chi connectivity index (χ0v) is 48.7. The van der Waals surface area contributed by atoms with Crippen LogP contribution in [0.1, 0.15) is 264 Å². The van der Waals surface area contributed by atoms with E-state index in [4.69, 9.17) is 18.9 Å². The third kappa shape index (κ3) is 34.3. The number of rotatable bonds is 51. The second-order valence-electron chi connectivity index (χ2n) is 22.5. The zero-order chi connectivity index (χ0) is 56.0. The van der Waals surface area contributed by atoms with Gasteiger partial charge in [-0.3, -0.25) is 4.79 Å². The summed E-state index contributed by atoms with van der Waals surface area (Å²) in [4.78, 5) is 13.2. The van der Waals surface area contributed by atoms with Gasteiger partial charge in [-0.25, -0.2) is 0 Å². The summed E-state index contributed by atoms with van der Waals surface area (Å²) < 4.78 is 22.8. The van der Waals surface area contributed by atoms with Gasteiger partial charge in [-0.1, -0.05) is 243 Å². The predicted molar refractivity (Wildman–Crippen MR) is 309 cm³/mol. The molecule has 0 aromatic carbocycles. The monoisotopic (exact) mass is 1100 g/mol. The maximum Gasteiger partial charge on any atom is 0.220 e. The fourth-order valence-corrected chi connectivity index (χ4v) is 10.4. The predicted octanol–water partition coefficient (Wildman–Crippen LogP) is 11.4. The van der Waals surface area contributed by atoms with Crippen LogP contribution in [0.5, 0.6) is 0 Å². The second-order valence-corrected chi connectivity index (χ2v) is 22.5. The highest BCUT2D eigenvalue weighted by Crippen LogP contribution is 2.30. The third-order valence-corrected chi connectivity index (χ3v) is 15.6. The number of aliphatic hydroxyl groups is 8. The van der Waals surface area contributed by atoms with Gasteiger partial charge in [0.25, 0.3) is 0 Å². The summed E-state index contributed by atoms with van der Waals surface area (Å²) in [5.41, 5.74) is 0. The van der Waals surface area contributed by atoms with E-state index in [-0.39, 0.29) is 18.9 Å². The largest absolute Gasteiger partial charge is 0.394 e. The molecule has 0 aromatic heterocycles. The number of hydrogen-bond donors (Lipinski definition) is 9. The molecule has 0 aliphatic carbocycles. The molecule has 0 spiro atoms. The average Bonchev–Trinajstić information content (AvgIpc) is 3.44. The minimum Gasteiger partial charge on any atom is -0.394 e. The van der Waals surface area contributed by atoms with E-state index in [1.807, 2.05) is 6.08 Å². The highest BCUT2D eigenvalue weighted by Gasteiger charge is 2.51. The molecule has 0 aromatic rings. The zero-order valence-electron chi connectivity index (χ0n) is 48.7. The molecule has 2 aliphatic heterocycles. The number of carbonyl (C=O) groups excluding carboxylic acids is 1. The van der Waals surface area contributed by atoms with Gasteiger partial charge < -0.3 is 65.1 Å². The quantitative estimate of drug-likeness (QED) is 0.0204. The van der Waals surface area contributed by atoms with E-state index < -0.39 is 86.8 Å². The first kappa shape index (κ1) is 71.3. The number of hydrogen-bond acceptors (Lipinski definition) is 13. The van der Waals surface area contributed by atoms with Crippen molar-refractivity contribution in [2.24, 2.45) is 0 Å². The molecule has 2 fully saturated rings. The van der Waals surface area contributed by atoms with Gasteiger partial charge in [0, 0.05) is 6.42 Å². The first-order valence-corrected chi connectivity index (χ1v) is 31.7. The van der Waals surface area contributed by atoms with Crippen LogP contribution in [0.15, 0.2) is 36.5 Å². The molecule has 1 amide bonds. The van der Waals surface area contributed by atoms with Crippen molar-refractivity contribution < 1.29 is 64.6 Å². The lowest BCUT2D eigenvalue weighted by Crippen LogP contribution is -2.65. The van der Waals surface area contributed by atoms with Crippen molar-refractivity contribution in [1.29, 1.82) is 0 Å². The molecule has 0 saturated carbocycles. The average molecular weight is 1100 g/mol. The van der Waals surface area contributed by atoms with Gasteiger partial charge in [-0.2, -0.15) is 0 Å². The third-order valence-electron chi connectivity index (χ3n) is 15.6. The molecule has 0 radical (unpaired) electrons. The fraction of sp³-hybridized carbons (Fsp3) is 0.889. The van der Waals surface area contributed by atoms with Gasteiger partial charge in [0.15, 0.2) is 12.6 Å². The molecular weight excluding hydrogens is 979 g/mol. The van der Waals surface area contributed by atoms with Gasteiger partial charge in [-0.15, -0.1) is 0 Å². The molecule has 2 saturated heterocycles. The smallest absolute Gasteiger partial charge is 0.220 e. The molecule has 14 nitrogen and oxygen atoms in total. The van der Waals surface area contributed by atoms with Crippen LogP contribution in [0.25, 0.3) is 0 Å². The minimum atomic E-state index is -1.79. The van der Waals surface area contributed by atoms with Crippen LogP contribution in [0.4, 0.5) is 0 Å². The Morgan fingerprint density at radius 3 is 1.31 bits per heavy atom. The number of allylic oxidation sites excluding steroid dienone is 5. The van der Waals surface area contributed by atoms with E-state index in [1.165, 1.54) is 173 Å².